The molecular formula is C21H23ClFN5O2. The van der Waals surface area contributed by atoms with Crippen LogP contribution in [0.15, 0.2) is 18.2 Å². The number of benzene rings is 1. The SMILES string of the molecule is COc1cc(N2C(=O)c3[nH]nc(CC(C)C)c3C2c2c(C)nn(C)c2Cl)ccc1F. The molecule has 1 aliphatic rings. The second-order valence-corrected chi connectivity index (χ2v) is 8.23. The molecule has 30 heavy (non-hydrogen) atoms. The first kappa shape index (κ1) is 20.4. The van der Waals surface area contributed by atoms with Crippen molar-refractivity contribution in [3.63, 3.8) is 0 Å². The van der Waals surface area contributed by atoms with Crippen molar-refractivity contribution in [3.05, 3.63) is 57.4 Å². The predicted octanol–water partition coefficient (Wildman–Crippen LogP) is 4.20. The number of hydrogen-bond acceptors (Lipinski definition) is 4. The summed E-state index contributed by atoms with van der Waals surface area (Å²) >= 11 is 6.62. The Morgan fingerprint density at radius 3 is 2.67 bits per heavy atom. The minimum atomic E-state index is -0.531. The number of aryl methyl sites for hydroxylation is 2. The molecule has 0 spiro atoms. The van der Waals surface area contributed by atoms with Crippen LogP contribution in [-0.2, 0) is 13.5 Å². The van der Waals surface area contributed by atoms with Gasteiger partial charge in [-0.15, -0.1) is 0 Å². The van der Waals surface area contributed by atoms with Gasteiger partial charge in [0.25, 0.3) is 5.91 Å². The summed E-state index contributed by atoms with van der Waals surface area (Å²) in [6, 6.07) is 3.83. The number of nitrogens with zero attached hydrogens (tertiary/aromatic N) is 4. The highest BCUT2D eigenvalue weighted by Gasteiger charge is 2.45. The number of amides is 1. The number of H-pyrrole nitrogens is 1. The van der Waals surface area contributed by atoms with E-state index in [0.29, 0.717) is 34.6 Å². The number of aromatic amines is 1. The molecule has 1 aromatic carbocycles. The first-order valence-corrected chi connectivity index (χ1v) is 10.1. The molecule has 158 valence electrons. The van der Waals surface area contributed by atoms with Crippen LogP contribution in [0, 0.1) is 18.7 Å². The van der Waals surface area contributed by atoms with Crippen LogP contribution < -0.4 is 9.64 Å². The Morgan fingerprint density at radius 2 is 2.07 bits per heavy atom. The van der Waals surface area contributed by atoms with Gasteiger partial charge in [-0.1, -0.05) is 25.4 Å². The number of hydrogen-bond donors (Lipinski definition) is 1. The number of nitrogens with one attached hydrogen (secondary N) is 1. The van der Waals surface area contributed by atoms with Crippen molar-refractivity contribution in [3.8, 4) is 5.75 Å². The number of methoxy groups -OCH3 is 1. The molecule has 9 heteroatoms. The number of fused-ring (bicyclic) bond motifs is 1. The first-order chi connectivity index (χ1) is 14.2. The van der Waals surface area contributed by atoms with E-state index >= 15 is 0 Å². The van der Waals surface area contributed by atoms with Gasteiger partial charge < -0.3 is 4.74 Å². The highest BCUT2D eigenvalue weighted by molar-refractivity contribution is 6.30. The fourth-order valence-corrected chi connectivity index (χ4v) is 4.33. The molecule has 3 heterocycles. The second kappa shape index (κ2) is 7.43. The minimum Gasteiger partial charge on any atom is -0.494 e. The smallest absolute Gasteiger partial charge is 0.277 e. The number of aromatic nitrogens is 4. The van der Waals surface area contributed by atoms with Gasteiger partial charge >= 0.3 is 0 Å². The van der Waals surface area contributed by atoms with Crippen molar-refractivity contribution >= 4 is 23.2 Å². The average Bonchev–Trinajstić information content (AvgIpc) is 3.29. The first-order valence-electron chi connectivity index (χ1n) is 9.67. The lowest BCUT2D eigenvalue weighted by Gasteiger charge is -2.27. The fraction of sp³-hybridized carbons (Fsp3) is 0.381. The van der Waals surface area contributed by atoms with Crippen molar-refractivity contribution in [2.24, 2.45) is 13.0 Å². The van der Waals surface area contributed by atoms with Gasteiger partial charge in [0, 0.05) is 29.9 Å². The quantitative estimate of drug-likeness (QED) is 0.656. The Balaban J connectivity index is 1.95. The van der Waals surface area contributed by atoms with E-state index in [1.165, 1.54) is 19.2 Å². The van der Waals surface area contributed by atoms with E-state index < -0.39 is 11.9 Å². The van der Waals surface area contributed by atoms with Gasteiger partial charge in [-0.2, -0.15) is 10.2 Å². The van der Waals surface area contributed by atoms with E-state index in [1.807, 2.05) is 6.92 Å². The van der Waals surface area contributed by atoms with Crippen molar-refractivity contribution in [1.29, 1.82) is 0 Å². The molecule has 7 nitrogen and oxygen atoms in total. The van der Waals surface area contributed by atoms with Gasteiger partial charge in [0.1, 0.15) is 10.8 Å². The van der Waals surface area contributed by atoms with Gasteiger partial charge in [0.05, 0.1) is 24.5 Å². The van der Waals surface area contributed by atoms with E-state index in [4.69, 9.17) is 16.3 Å². The second-order valence-electron chi connectivity index (χ2n) is 7.87. The van der Waals surface area contributed by atoms with Crippen molar-refractivity contribution < 1.29 is 13.9 Å². The zero-order valence-electron chi connectivity index (χ0n) is 17.5. The zero-order valence-corrected chi connectivity index (χ0v) is 18.2. The maximum absolute atomic E-state index is 14.0. The summed E-state index contributed by atoms with van der Waals surface area (Å²) in [5, 5.41) is 12.2. The molecule has 0 saturated carbocycles. The third-order valence-corrected chi connectivity index (χ3v) is 5.78. The topological polar surface area (TPSA) is 76.0 Å². The summed E-state index contributed by atoms with van der Waals surface area (Å²) in [7, 11) is 3.15. The zero-order chi connectivity index (χ0) is 21.7. The molecule has 0 radical (unpaired) electrons. The monoisotopic (exact) mass is 431 g/mol. The molecule has 1 atom stereocenters. The maximum Gasteiger partial charge on any atom is 0.277 e. The Morgan fingerprint density at radius 1 is 1.33 bits per heavy atom. The molecule has 0 bridgehead atoms. The fourth-order valence-electron chi connectivity index (χ4n) is 4.05. The van der Waals surface area contributed by atoms with E-state index in [9.17, 15) is 9.18 Å². The molecule has 0 saturated heterocycles. The molecule has 1 amide bonds. The summed E-state index contributed by atoms with van der Waals surface area (Å²) in [6.45, 7) is 6.05. The lowest BCUT2D eigenvalue weighted by Crippen LogP contribution is -2.30. The maximum atomic E-state index is 14.0. The Kier molecular flexibility index (Phi) is 5.05. The summed E-state index contributed by atoms with van der Waals surface area (Å²) in [6.07, 6.45) is 0.702. The summed E-state index contributed by atoms with van der Waals surface area (Å²) in [5.41, 5.74) is 3.95. The van der Waals surface area contributed by atoms with Crippen LogP contribution in [-0.4, -0.2) is 33.0 Å². The summed E-state index contributed by atoms with van der Waals surface area (Å²) in [4.78, 5) is 15.0. The van der Waals surface area contributed by atoms with Gasteiger partial charge in [0.15, 0.2) is 11.6 Å². The standard InChI is InChI=1S/C21H23ClFN5O2/c1-10(2)8-14-17-18(25-24-14)21(29)28(12-6-7-13(23)15(9-12)30-5)19(17)16-11(3)26-27(4)20(16)22/h6-7,9-10,19H,8H2,1-5H3,(H,24,25). The lowest BCUT2D eigenvalue weighted by atomic mass is 9.95. The summed E-state index contributed by atoms with van der Waals surface area (Å²) in [5.74, 6) is -0.353. The van der Waals surface area contributed by atoms with E-state index in [0.717, 1.165) is 16.8 Å². The molecule has 0 fully saturated rings. The number of halogens is 2. The minimum absolute atomic E-state index is 0.0594. The van der Waals surface area contributed by atoms with Crippen LogP contribution in [0.2, 0.25) is 5.15 Å². The third-order valence-electron chi connectivity index (χ3n) is 5.33. The van der Waals surface area contributed by atoms with E-state index in [2.05, 4.69) is 29.1 Å². The molecular weight excluding hydrogens is 409 g/mol. The van der Waals surface area contributed by atoms with Crippen LogP contribution in [0.3, 0.4) is 0 Å². The average molecular weight is 432 g/mol. The van der Waals surface area contributed by atoms with Crippen LogP contribution in [0.5, 0.6) is 5.75 Å². The van der Waals surface area contributed by atoms with Crippen molar-refractivity contribution in [2.75, 3.05) is 12.0 Å². The van der Waals surface area contributed by atoms with Crippen LogP contribution in [0.4, 0.5) is 10.1 Å². The molecule has 1 N–H and O–H groups in total. The van der Waals surface area contributed by atoms with Crippen molar-refractivity contribution in [1.82, 2.24) is 20.0 Å². The van der Waals surface area contributed by atoms with Gasteiger partial charge in [-0.05, 0) is 31.4 Å². The summed E-state index contributed by atoms with van der Waals surface area (Å²) < 4.78 is 20.8. The number of anilines is 1. The van der Waals surface area contributed by atoms with Crippen LogP contribution in [0.25, 0.3) is 0 Å². The van der Waals surface area contributed by atoms with Gasteiger partial charge in [-0.25, -0.2) is 4.39 Å². The predicted molar refractivity (Wildman–Crippen MR) is 112 cm³/mol. The van der Waals surface area contributed by atoms with Crippen LogP contribution >= 0.6 is 11.6 Å². The largest absolute Gasteiger partial charge is 0.494 e. The normalized spacial score (nSPS) is 15.9. The van der Waals surface area contributed by atoms with Gasteiger partial charge in [-0.3, -0.25) is 19.5 Å². The number of rotatable bonds is 5. The number of ether oxygens (including phenoxy) is 1. The molecule has 0 aliphatic carbocycles. The third kappa shape index (κ3) is 3.06. The Labute approximate surface area is 178 Å². The van der Waals surface area contributed by atoms with Crippen LogP contribution in [0.1, 0.15) is 52.9 Å². The Hall–Kier alpha value is -2.87. The lowest BCUT2D eigenvalue weighted by molar-refractivity contribution is 0.0988. The van der Waals surface area contributed by atoms with E-state index in [1.54, 1.807) is 22.7 Å². The van der Waals surface area contributed by atoms with Crippen molar-refractivity contribution in [2.45, 2.75) is 33.2 Å². The van der Waals surface area contributed by atoms with E-state index in [-0.39, 0.29) is 11.7 Å². The number of carbonyl (C=O) groups is 1. The molecule has 4 rings (SSSR count). The number of carbonyl (C=O) groups excluding carboxylic acids is 1. The molecule has 3 aromatic rings. The van der Waals surface area contributed by atoms with Gasteiger partial charge in [0.2, 0.25) is 0 Å². The molecule has 1 unspecified atom stereocenters. The Bertz CT molecular complexity index is 1140. The molecule has 1 aliphatic heterocycles. The molecule has 2 aromatic heterocycles. The highest BCUT2D eigenvalue weighted by Crippen LogP contribution is 2.46. The highest BCUT2D eigenvalue weighted by atomic mass is 35.5.